The van der Waals surface area contributed by atoms with Gasteiger partial charge in [0.1, 0.15) is 5.54 Å². The number of fused-ring (bicyclic) bond motifs is 1. The molecule has 2 saturated heterocycles. The molecule has 3 rings (SSSR count). The quantitative estimate of drug-likeness (QED) is 0.863. The molecule has 0 bridgehead atoms. The second-order valence-corrected chi connectivity index (χ2v) is 6.82. The van der Waals surface area contributed by atoms with Crippen LogP contribution in [0.5, 0.6) is 0 Å². The molecule has 0 amide bonds. The summed E-state index contributed by atoms with van der Waals surface area (Å²) in [5, 5.41) is 5.58. The van der Waals surface area contributed by atoms with Crippen LogP contribution in [0.4, 0.5) is 0 Å². The normalized spacial score (nSPS) is 30.1. The molecular formula is C15H22N2O2S. The minimum absolute atomic E-state index is 0.0967. The third-order valence-electron chi connectivity index (χ3n) is 4.67. The summed E-state index contributed by atoms with van der Waals surface area (Å²) in [5.74, 6) is -0.0967. The predicted octanol–water partition coefficient (Wildman–Crippen LogP) is 2.01. The van der Waals surface area contributed by atoms with Crippen molar-refractivity contribution in [2.24, 2.45) is 0 Å². The Morgan fingerprint density at radius 3 is 3.25 bits per heavy atom. The molecule has 0 radical (unpaired) electrons. The molecular weight excluding hydrogens is 272 g/mol. The molecule has 2 aliphatic heterocycles. The van der Waals surface area contributed by atoms with Crippen LogP contribution in [0.2, 0.25) is 0 Å². The van der Waals surface area contributed by atoms with E-state index in [9.17, 15) is 4.79 Å². The number of hydrogen-bond donors (Lipinski definition) is 1. The van der Waals surface area contributed by atoms with Crippen molar-refractivity contribution < 1.29 is 9.53 Å². The molecule has 0 saturated carbocycles. The van der Waals surface area contributed by atoms with Crippen LogP contribution >= 0.6 is 11.3 Å². The van der Waals surface area contributed by atoms with E-state index in [1.165, 1.54) is 31.4 Å². The third-order valence-corrected chi connectivity index (χ3v) is 5.54. The van der Waals surface area contributed by atoms with Gasteiger partial charge in [-0.3, -0.25) is 10.1 Å². The summed E-state index contributed by atoms with van der Waals surface area (Å²) in [5.41, 5.74) is -0.496. The Balaban J connectivity index is 1.73. The van der Waals surface area contributed by atoms with Gasteiger partial charge in [0.15, 0.2) is 0 Å². The molecule has 1 N–H and O–H groups in total. The lowest BCUT2D eigenvalue weighted by Gasteiger charge is -2.42. The number of piperidine rings is 1. The van der Waals surface area contributed by atoms with Crippen molar-refractivity contribution >= 4 is 17.3 Å². The Morgan fingerprint density at radius 1 is 1.60 bits per heavy atom. The first-order valence-corrected chi connectivity index (χ1v) is 8.21. The summed E-state index contributed by atoms with van der Waals surface area (Å²) in [6, 6.07) is 4.69. The lowest BCUT2D eigenvalue weighted by molar-refractivity contribution is -0.151. The highest BCUT2D eigenvalue weighted by atomic mass is 32.1. The number of rotatable bonds is 4. The summed E-state index contributed by atoms with van der Waals surface area (Å²) in [6.45, 7) is 2.93. The Labute approximate surface area is 124 Å². The van der Waals surface area contributed by atoms with E-state index in [4.69, 9.17) is 4.74 Å². The number of carbonyl (C=O) groups is 1. The summed E-state index contributed by atoms with van der Waals surface area (Å²) in [7, 11) is 1.50. The number of thiophene rings is 1. The average molecular weight is 294 g/mol. The van der Waals surface area contributed by atoms with E-state index in [1.807, 2.05) is 6.07 Å². The number of esters is 1. The fourth-order valence-electron chi connectivity index (χ4n) is 3.54. The number of carbonyl (C=O) groups excluding carboxylic acids is 1. The van der Waals surface area contributed by atoms with Crippen molar-refractivity contribution in [3.63, 3.8) is 0 Å². The summed E-state index contributed by atoms with van der Waals surface area (Å²) >= 11 is 1.72. The molecule has 0 aliphatic carbocycles. The second kappa shape index (κ2) is 5.84. The molecule has 2 fully saturated rings. The lowest BCUT2D eigenvalue weighted by Crippen LogP contribution is -2.60. The highest BCUT2D eigenvalue weighted by molar-refractivity contribution is 7.09. The maximum Gasteiger partial charge on any atom is 0.326 e. The Bertz CT molecular complexity index is 462. The van der Waals surface area contributed by atoms with Crippen molar-refractivity contribution in [3.05, 3.63) is 22.4 Å². The van der Waals surface area contributed by atoms with Crippen LogP contribution < -0.4 is 5.32 Å². The molecule has 110 valence electrons. The SMILES string of the molecule is COC(=O)C1(NCc2cccs2)CCN2CCCC2C1. The highest BCUT2D eigenvalue weighted by Crippen LogP contribution is 2.34. The fourth-order valence-corrected chi connectivity index (χ4v) is 4.19. The molecule has 0 aromatic carbocycles. The first-order valence-electron chi connectivity index (χ1n) is 7.33. The molecule has 1 aromatic rings. The third kappa shape index (κ3) is 2.62. The molecule has 20 heavy (non-hydrogen) atoms. The standard InChI is InChI=1S/C15H22N2O2S/c1-19-14(18)15(16-11-13-5-3-9-20-13)6-8-17-7-2-4-12(17)10-15/h3,5,9,12,16H,2,4,6-8,10-11H2,1H3. The van der Waals surface area contributed by atoms with Gasteiger partial charge in [0, 0.05) is 24.0 Å². The van der Waals surface area contributed by atoms with Gasteiger partial charge in [-0.25, -0.2) is 0 Å². The van der Waals surface area contributed by atoms with Crippen molar-refractivity contribution in [2.45, 2.75) is 43.8 Å². The van der Waals surface area contributed by atoms with E-state index in [0.717, 1.165) is 25.9 Å². The number of hydrogen-bond acceptors (Lipinski definition) is 5. The number of nitrogens with zero attached hydrogens (tertiary/aromatic N) is 1. The molecule has 3 heterocycles. The molecule has 2 aliphatic rings. The van der Waals surface area contributed by atoms with Crippen LogP contribution in [-0.4, -0.2) is 42.6 Å². The van der Waals surface area contributed by atoms with Crippen molar-refractivity contribution in [1.29, 1.82) is 0 Å². The maximum atomic E-state index is 12.3. The first kappa shape index (κ1) is 14.0. The van der Waals surface area contributed by atoms with Gasteiger partial charge in [0.25, 0.3) is 0 Å². The fraction of sp³-hybridized carbons (Fsp3) is 0.667. The summed E-state index contributed by atoms with van der Waals surface area (Å²) in [4.78, 5) is 16.1. The van der Waals surface area contributed by atoms with Gasteiger partial charge in [-0.1, -0.05) is 6.07 Å². The minimum Gasteiger partial charge on any atom is -0.468 e. The van der Waals surface area contributed by atoms with Gasteiger partial charge < -0.3 is 9.64 Å². The van der Waals surface area contributed by atoms with Crippen LogP contribution in [0.25, 0.3) is 0 Å². The van der Waals surface area contributed by atoms with Gasteiger partial charge in [0.2, 0.25) is 0 Å². The minimum atomic E-state index is -0.496. The van der Waals surface area contributed by atoms with Gasteiger partial charge >= 0.3 is 5.97 Å². The molecule has 1 aromatic heterocycles. The van der Waals surface area contributed by atoms with Crippen LogP contribution in [0.3, 0.4) is 0 Å². The van der Waals surface area contributed by atoms with E-state index in [0.29, 0.717) is 6.04 Å². The topological polar surface area (TPSA) is 41.6 Å². The van der Waals surface area contributed by atoms with Gasteiger partial charge in [-0.15, -0.1) is 11.3 Å². The Hall–Kier alpha value is -0.910. The van der Waals surface area contributed by atoms with Crippen molar-refractivity contribution in [1.82, 2.24) is 10.2 Å². The predicted molar refractivity (Wildman–Crippen MR) is 79.7 cm³/mol. The number of nitrogens with one attached hydrogen (secondary N) is 1. The molecule has 4 nitrogen and oxygen atoms in total. The molecule has 2 atom stereocenters. The van der Waals surface area contributed by atoms with Crippen LogP contribution in [0, 0.1) is 0 Å². The Kier molecular flexibility index (Phi) is 4.10. The van der Waals surface area contributed by atoms with Crippen molar-refractivity contribution in [2.75, 3.05) is 20.2 Å². The number of methoxy groups -OCH3 is 1. The van der Waals surface area contributed by atoms with E-state index in [1.54, 1.807) is 11.3 Å². The monoisotopic (exact) mass is 294 g/mol. The Morgan fingerprint density at radius 2 is 2.50 bits per heavy atom. The summed E-state index contributed by atoms with van der Waals surface area (Å²) in [6.07, 6.45) is 4.19. The van der Waals surface area contributed by atoms with E-state index < -0.39 is 5.54 Å². The molecule has 5 heteroatoms. The summed E-state index contributed by atoms with van der Waals surface area (Å²) < 4.78 is 5.09. The smallest absolute Gasteiger partial charge is 0.326 e. The zero-order valence-corrected chi connectivity index (χ0v) is 12.7. The zero-order valence-electron chi connectivity index (χ0n) is 11.9. The van der Waals surface area contributed by atoms with Crippen molar-refractivity contribution in [3.8, 4) is 0 Å². The van der Waals surface area contributed by atoms with E-state index in [-0.39, 0.29) is 5.97 Å². The first-order chi connectivity index (χ1) is 9.73. The van der Waals surface area contributed by atoms with Crippen LogP contribution in [0.1, 0.15) is 30.6 Å². The molecule has 0 spiro atoms. The zero-order chi connectivity index (χ0) is 14.0. The second-order valence-electron chi connectivity index (χ2n) is 5.79. The van der Waals surface area contributed by atoms with E-state index in [2.05, 4.69) is 21.7 Å². The lowest BCUT2D eigenvalue weighted by atomic mass is 9.83. The number of ether oxygens (including phenoxy) is 1. The van der Waals surface area contributed by atoms with Gasteiger partial charge in [0.05, 0.1) is 7.11 Å². The van der Waals surface area contributed by atoms with Gasteiger partial charge in [-0.2, -0.15) is 0 Å². The largest absolute Gasteiger partial charge is 0.468 e. The molecule has 2 unspecified atom stereocenters. The van der Waals surface area contributed by atoms with Gasteiger partial charge in [-0.05, 0) is 43.7 Å². The highest BCUT2D eigenvalue weighted by Gasteiger charge is 2.47. The van der Waals surface area contributed by atoms with Crippen LogP contribution in [0.15, 0.2) is 17.5 Å². The average Bonchev–Trinajstić information content (AvgIpc) is 3.14. The maximum absolute atomic E-state index is 12.3. The van der Waals surface area contributed by atoms with E-state index >= 15 is 0 Å². The van der Waals surface area contributed by atoms with Crippen LogP contribution in [-0.2, 0) is 16.1 Å².